The van der Waals surface area contributed by atoms with Crippen LogP contribution in [0.3, 0.4) is 0 Å². The SMILES string of the molecule is COc1nccnc1-c1ccc(CNC(C)C)o1. The number of methoxy groups -OCH3 is 1. The van der Waals surface area contributed by atoms with Crippen LogP contribution in [0.25, 0.3) is 11.5 Å². The summed E-state index contributed by atoms with van der Waals surface area (Å²) in [5, 5.41) is 3.29. The highest BCUT2D eigenvalue weighted by Gasteiger charge is 2.12. The predicted octanol–water partition coefficient (Wildman–Crippen LogP) is 2.24. The van der Waals surface area contributed by atoms with Crippen LogP contribution in [-0.4, -0.2) is 23.1 Å². The topological polar surface area (TPSA) is 60.2 Å². The van der Waals surface area contributed by atoms with Crippen LogP contribution in [0.4, 0.5) is 0 Å². The molecule has 2 heterocycles. The number of furan rings is 1. The van der Waals surface area contributed by atoms with Gasteiger partial charge in [-0.1, -0.05) is 13.8 Å². The molecule has 1 N–H and O–H groups in total. The van der Waals surface area contributed by atoms with Crippen LogP contribution in [0.5, 0.6) is 5.88 Å². The first-order valence-corrected chi connectivity index (χ1v) is 5.88. The summed E-state index contributed by atoms with van der Waals surface area (Å²) in [6, 6.07) is 4.23. The Bertz CT molecular complexity index is 508. The van der Waals surface area contributed by atoms with Gasteiger partial charge in [0.2, 0.25) is 5.88 Å². The lowest BCUT2D eigenvalue weighted by Gasteiger charge is -2.05. The number of hydrogen-bond donors (Lipinski definition) is 1. The molecular weight excluding hydrogens is 230 g/mol. The van der Waals surface area contributed by atoms with Crippen LogP contribution in [0, 0.1) is 0 Å². The highest BCUT2D eigenvalue weighted by molar-refractivity contribution is 5.58. The normalized spacial score (nSPS) is 10.9. The molecule has 2 aromatic heterocycles. The van der Waals surface area contributed by atoms with Gasteiger partial charge in [-0.3, -0.25) is 0 Å². The average molecular weight is 247 g/mol. The van der Waals surface area contributed by atoms with Gasteiger partial charge in [-0.25, -0.2) is 9.97 Å². The van der Waals surface area contributed by atoms with Gasteiger partial charge in [0.25, 0.3) is 0 Å². The molecule has 0 aliphatic heterocycles. The Morgan fingerprint density at radius 2 is 2.06 bits per heavy atom. The highest BCUT2D eigenvalue weighted by Crippen LogP contribution is 2.26. The largest absolute Gasteiger partial charge is 0.479 e. The molecule has 0 aliphatic carbocycles. The number of ether oxygens (including phenoxy) is 1. The van der Waals surface area contributed by atoms with Crippen molar-refractivity contribution in [1.82, 2.24) is 15.3 Å². The third-order valence-electron chi connectivity index (χ3n) is 2.44. The molecule has 0 amide bonds. The van der Waals surface area contributed by atoms with Crippen molar-refractivity contribution in [2.45, 2.75) is 26.4 Å². The Balaban J connectivity index is 2.18. The van der Waals surface area contributed by atoms with Gasteiger partial charge in [0, 0.05) is 18.4 Å². The van der Waals surface area contributed by atoms with Crippen molar-refractivity contribution in [2.24, 2.45) is 0 Å². The molecule has 0 fully saturated rings. The van der Waals surface area contributed by atoms with Crippen LogP contribution in [0.1, 0.15) is 19.6 Å². The van der Waals surface area contributed by atoms with E-state index >= 15 is 0 Å². The fraction of sp³-hybridized carbons (Fsp3) is 0.385. The molecule has 0 unspecified atom stereocenters. The fourth-order valence-corrected chi connectivity index (χ4v) is 1.55. The van der Waals surface area contributed by atoms with E-state index in [1.54, 1.807) is 19.5 Å². The van der Waals surface area contributed by atoms with Crippen molar-refractivity contribution in [2.75, 3.05) is 7.11 Å². The molecule has 0 aliphatic rings. The van der Waals surface area contributed by atoms with Crippen LogP contribution in [-0.2, 0) is 6.54 Å². The number of hydrogen-bond acceptors (Lipinski definition) is 5. The van der Waals surface area contributed by atoms with Gasteiger partial charge < -0.3 is 14.5 Å². The van der Waals surface area contributed by atoms with Crippen molar-refractivity contribution in [3.63, 3.8) is 0 Å². The van der Waals surface area contributed by atoms with E-state index < -0.39 is 0 Å². The quantitative estimate of drug-likeness (QED) is 0.878. The molecule has 0 saturated carbocycles. The van der Waals surface area contributed by atoms with Crippen molar-refractivity contribution in [3.05, 3.63) is 30.3 Å². The molecule has 0 bridgehead atoms. The molecule has 0 radical (unpaired) electrons. The monoisotopic (exact) mass is 247 g/mol. The van der Waals surface area contributed by atoms with Crippen LogP contribution in [0.2, 0.25) is 0 Å². The first kappa shape index (κ1) is 12.6. The van der Waals surface area contributed by atoms with Gasteiger partial charge in [0.05, 0.1) is 13.7 Å². The Kier molecular flexibility index (Phi) is 3.94. The molecular formula is C13H17N3O2. The Labute approximate surface area is 106 Å². The van der Waals surface area contributed by atoms with Crippen molar-refractivity contribution < 1.29 is 9.15 Å². The fourth-order valence-electron chi connectivity index (χ4n) is 1.55. The van der Waals surface area contributed by atoms with E-state index in [1.807, 2.05) is 12.1 Å². The number of nitrogens with one attached hydrogen (secondary N) is 1. The Morgan fingerprint density at radius 3 is 2.78 bits per heavy atom. The summed E-state index contributed by atoms with van der Waals surface area (Å²) < 4.78 is 10.9. The molecule has 0 atom stereocenters. The lowest BCUT2D eigenvalue weighted by Crippen LogP contribution is -2.21. The third-order valence-corrected chi connectivity index (χ3v) is 2.44. The number of nitrogens with zero attached hydrogens (tertiary/aromatic N) is 2. The summed E-state index contributed by atoms with van der Waals surface area (Å²) >= 11 is 0. The number of aromatic nitrogens is 2. The van der Waals surface area contributed by atoms with Crippen LogP contribution in [0.15, 0.2) is 28.9 Å². The van der Waals surface area contributed by atoms with E-state index in [0.29, 0.717) is 29.9 Å². The zero-order chi connectivity index (χ0) is 13.0. The second kappa shape index (κ2) is 5.64. The van der Waals surface area contributed by atoms with Crippen LogP contribution < -0.4 is 10.1 Å². The first-order valence-electron chi connectivity index (χ1n) is 5.88. The van der Waals surface area contributed by atoms with Crippen molar-refractivity contribution in [1.29, 1.82) is 0 Å². The average Bonchev–Trinajstić information content (AvgIpc) is 2.85. The van der Waals surface area contributed by atoms with Gasteiger partial charge in [0.15, 0.2) is 11.5 Å². The molecule has 2 aromatic rings. The van der Waals surface area contributed by atoms with Crippen molar-refractivity contribution in [3.8, 4) is 17.3 Å². The zero-order valence-corrected chi connectivity index (χ0v) is 10.8. The molecule has 0 saturated heterocycles. The minimum Gasteiger partial charge on any atom is -0.479 e. The second-order valence-electron chi connectivity index (χ2n) is 4.22. The molecule has 18 heavy (non-hydrogen) atoms. The van der Waals surface area contributed by atoms with Gasteiger partial charge in [0.1, 0.15) is 5.76 Å². The maximum Gasteiger partial charge on any atom is 0.243 e. The molecule has 5 heteroatoms. The molecule has 0 aromatic carbocycles. The summed E-state index contributed by atoms with van der Waals surface area (Å²) in [5.74, 6) is 2.00. The Morgan fingerprint density at radius 1 is 1.28 bits per heavy atom. The highest BCUT2D eigenvalue weighted by atomic mass is 16.5. The molecule has 5 nitrogen and oxygen atoms in total. The minimum atomic E-state index is 0.421. The van der Waals surface area contributed by atoms with E-state index in [2.05, 4.69) is 29.1 Å². The summed E-state index contributed by atoms with van der Waals surface area (Å²) in [6.45, 7) is 4.88. The first-order chi connectivity index (χ1) is 8.70. The maximum absolute atomic E-state index is 5.72. The van der Waals surface area contributed by atoms with E-state index in [9.17, 15) is 0 Å². The van der Waals surface area contributed by atoms with Gasteiger partial charge >= 0.3 is 0 Å². The maximum atomic E-state index is 5.72. The summed E-state index contributed by atoms with van der Waals surface area (Å²) in [4.78, 5) is 8.32. The van der Waals surface area contributed by atoms with E-state index in [4.69, 9.17) is 9.15 Å². The summed E-state index contributed by atoms with van der Waals surface area (Å²) in [7, 11) is 1.57. The number of rotatable bonds is 5. The van der Waals surface area contributed by atoms with Gasteiger partial charge in [-0.05, 0) is 12.1 Å². The second-order valence-corrected chi connectivity index (χ2v) is 4.22. The molecule has 0 spiro atoms. The Hall–Kier alpha value is -1.88. The van der Waals surface area contributed by atoms with Crippen LogP contribution >= 0.6 is 0 Å². The van der Waals surface area contributed by atoms with E-state index in [-0.39, 0.29) is 0 Å². The standard InChI is InChI=1S/C13H17N3O2/c1-9(2)16-8-10-4-5-11(18-10)12-13(17-3)15-7-6-14-12/h4-7,9,16H,8H2,1-3H3. The summed E-state index contributed by atoms with van der Waals surface area (Å²) in [5.41, 5.74) is 0.621. The lowest BCUT2D eigenvalue weighted by molar-refractivity contribution is 0.394. The lowest BCUT2D eigenvalue weighted by atomic mass is 10.3. The predicted molar refractivity (Wildman–Crippen MR) is 68.3 cm³/mol. The molecule has 96 valence electrons. The molecule has 2 rings (SSSR count). The third kappa shape index (κ3) is 2.87. The minimum absolute atomic E-state index is 0.421. The summed E-state index contributed by atoms with van der Waals surface area (Å²) in [6.07, 6.45) is 3.21. The smallest absolute Gasteiger partial charge is 0.243 e. The van der Waals surface area contributed by atoms with Gasteiger partial charge in [-0.2, -0.15) is 0 Å². The van der Waals surface area contributed by atoms with E-state index in [0.717, 1.165) is 5.76 Å². The zero-order valence-electron chi connectivity index (χ0n) is 10.8. The van der Waals surface area contributed by atoms with Crippen molar-refractivity contribution >= 4 is 0 Å². The van der Waals surface area contributed by atoms with E-state index in [1.165, 1.54) is 0 Å². The van der Waals surface area contributed by atoms with Gasteiger partial charge in [-0.15, -0.1) is 0 Å².